The van der Waals surface area contributed by atoms with Crippen LogP contribution in [0.15, 0.2) is 48.5 Å². The Balaban J connectivity index is 1.83. The molecule has 0 fully saturated rings. The average Bonchev–Trinajstić information content (AvgIpc) is 2.66. The van der Waals surface area contributed by atoms with Crippen molar-refractivity contribution < 1.29 is 19.5 Å². The molecule has 3 N–H and O–H groups in total. The molecule has 1 atom stereocenters. The predicted molar refractivity (Wildman–Crippen MR) is 102 cm³/mol. The minimum Gasteiger partial charge on any atom is -0.479 e. The fourth-order valence-corrected chi connectivity index (χ4v) is 2.61. The number of rotatable bonds is 8. The van der Waals surface area contributed by atoms with Crippen LogP contribution in [0.2, 0.25) is 0 Å². The molecule has 2 aromatic rings. The molecular formula is C21H24N2O4. The maximum Gasteiger partial charge on any atom is 0.330 e. The zero-order valence-electron chi connectivity index (χ0n) is 15.5. The third kappa shape index (κ3) is 5.95. The number of hydrogen-bond acceptors (Lipinski definition) is 3. The van der Waals surface area contributed by atoms with Crippen LogP contribution in [0, 0.1) is 13.8 Å². The van der Waals surface area contributed by atoms with Gasteiger partial charge in [-0.1, -0.05) is 36.4 Å². The quantitative estimate of drug-likeness (QED) is 0.624. The highest BCUT2D eigenvalue weighted by atomic mass is 16.4. The molecule has 6 heteroatoms. The van der Waals surface area contributed by atoms with Crippen LogP contribution in [0.5, 0.6) is 0 Å². The van der Waals surface area contributed by atoms with Crippen LogP contribution in [-0.2, 0) is 9.59 Å². The molecule has 0 aromatic heterocycles. The number of carboxylic acids is 1. The molecule has 2 aromatic carbocycles. The average molecular weight is 368 g/mol. The third-order valence-electron chi connectivity index (χ3n) is 4.32. The minimum atomic E-state index is -1.11. The van der Waals surface area contributed by atoms with E-state index in [0.717, 1.165) is 11.1 Å². The van der Waals surface area contributed by atoms with E-state index in [0.29, 0.717) is 24.1 Å². The van der Waals surface area contributed by atoms with Gasteiger partial charge in [-0.3, -0.25) is 9.59 Å². The lowest BCUT2D eigenvalue weighted by Gasteiger charge is -2.16. The van der Waals surface area contributed by atoms with Crippen LogP contribution in [-0.4, -0.2) is 29.4 Å². The number of aliphatic carboxylic acids is 1. The van der Waals surface area contributed by atoms with Crippen molar-refractivity contribution in [1.82, 2.24) is 10.6 Å². The Morgan fingerprint density at radius 3 is 2.33 bits per heavy atom. The summed E-state index contributed by atoms with van der Waals surface area (Å²) in [5.41, 5.74) is 3.12. The summed E-state index contributed by atoms with van der Waals surface area (Å²) in [4.78, 5) is 35.6. The van der Waals surface area contributed by atoms with E-state index in [1.165, 1.54) is 0 Å². The summed E-state index contributed by atoms with van der Waals surface area (Å²) in [6.07, 6.45) is 0.549. The van der Waals surface area contributed by atoms with Crippen molar-refractivity contribution in [1.29, 1.82) is 0 Å². The largest absolute Gasteiger partial charge is 0.479 e. The first-order valence-corrected chi connectivity index (χ1v) is 8.81. The van der Waals surface area contributed by atoms with Gasteiger partial charge in [0.15, 0.2) is 6.04 Å². The molecule has 6 nitrogen and oxygen atoms in total. The second kappa shape index (κ2) is 9.52. The topological polar surface area (TPSA) is 95.5 Å². The van der Waals surface area contributed by atoms with Gasteiger partial charge in [-0.15, -0.1) is 0 Å². The Hall–Kier alpha value is -3.15. The van der Waals surface area contributed by atoms with Gasteiger partial charge in [0.2, 0.25) is 5.91 Å². The van der Waals surface area contributed by atoms with E-state index >= 15 is 0 Å². The van der Waals surface area contributed by atoms with Gasteiger partial charge < -0.3 is 15.7 Å². The van der Waals surface area contributed by atoms with Crippen LogP contribution >= 0.6 is 0 Å². The lowest BCUT2D eigenvalue weighted by molar-refractivity contribution is -0.142. The van der Waals surface area contributed by atoms with Gasteiger partial charge in [-0.25, -0.2) is 4.79 Å². The number of carbonyl (C=O) groups is 3. The van der Waals surface area contributed by atoms with Crippen molar-refractivity contribution in [3.63, 3.8) is 0 Å². The Labute approximate surface area is 158 Å². The van der Waals surface area contributed by atoms with E-state index in [1.807, 2.05) is 26.0 Å². The summed E-state index contributed by atoms with van der Waals surface area (Å²) < 4.78 is 0. The number of nitrogens with one attached hydrogen (secondary N) is 2. The van der Waals surface area contributed by atoms with Crippen molar-refractivity contribution in [2.24, 2.45) is 0 Å². The zero-order valence-corrected chi connectivity index (χ0v) is 15.5. The van der Waals surface area contributed by atoms with Crippen LogP contribution in [0.3, 0.4) is 0 Å². The van der Waals surface area contributed by atoms with Crippen LogP contribution in [0.1, 0.15) is 45.9 Å². The summed E-state index contributed by atoms with van der Waals surface area (Å²) >= 11 is 0. The van der Waals surface area contributed by atoms with Crippen LogP contribution < -0.4 is 10.6 Å². The second-order valence-corrected chi connectivity index (χ2v) is 6.41. The smallest absolute Gasteiger partial charge is 0.330 e. The lowest BCUT2D eigenvalue weighted by Crippen LogP contribution is -2.34. The monoisotopic (exact) mass is 368 g/mol. The summed E-state index contributed by atoms with van der Waals surface area (Å²) in [5, 5.41) is 14.7. The standard InChI is InChI=1S/C21H24N2O4/c1-14-10-11-17(13-15(14)2)19(21(26)27)23-18(24)9-6-12-22-20(25)16-7-4-3-5-8-16/h3-5,7-8,10-11,13,19H,6,9,12H2,1-2H3,(H,22,25)(H,23,24)(H,26,27). The normalized spacial score (nSPS) is 11.5. The molecule has 2 amide bonds. The highest BCUT2D eigenvalue weighted by Gasteiger charge is 2.22. The summed E-state index contributed by atoms with van der Waals surface area (Å²) in [5.74, 6) is -1.67. The number of aryl methyl sites for hydroxylation is 2. The number of amides is 2. The molecule has 1 unspecified atom stereocenters. The maximum atomic E-state index is 12.1. The van der Waals surface area contributed by atoms with Gasteiger partial charge in [0.05, 0.1) is 0 Å². The highest BCUT2D eigenvalue weighted by molar-refractivity contribution is 5.94. The number of benzene rings is 2. The van der Waals surface area contributed by atoms with Crippen molar-refractivity contribution in [2.75, 3.05) is 6.54 Å². The summed E-state index contributed by atoms with van der Waals surface area (Å²) in [6, 6.07) is 13.0. The maximum absolute atomic E-state index is 12.1. The molecule has 0 radical (unpaired) electrons. The Kier molecular flexibility index (Phi) is 7.11. The minimum absolute atomic E-state index is 0.129. The molecule has 0 saturated heterocycles. The Bertz CT molecular complexity index is 818. The SMILES string of the molecule is Cc1ccc(C(NC(=O)CCCNC(=O)c2ccccc2)C(=O)O)cc1C. The van der Waals surface area contributed by atoms with E-state index in [1.54, 1.807) is 36.4 Å². The van der Waals surface area contributed by atoms with Crippen LogP contribution in [0.4, 0.5) is 0 Å². The van der Waals surface area contributed by atoms with E-state index in [4.69, 9.17) is 0 Å². The van der Waals surface area contributed by atoms with E-state index in [2.05, 4.69) is 10.6 Å². The van der Waals surface area contributed by atoms with E-state index in [-0.39, 0.29) is 18.2 Å². The Morgan fingerprint density at radius 1 is 1.00 bits per heavy atom. The first kappa shape index (κ1) is 20.2. The van der Waals surface area contributed by atoms with Gasteiger partial charge in [-0.05, 0) is 49.1 Å². The first-order chi connectivity index (χ1) is 12.9. The van der Waals surface area contributed by atoms with Gasteiger partial charge in [0, 0.05) is 18.5 Å². The zero-order chi connectivity index (χ0) is 19.8. The molecule has 0 aliphatic carbocycles. The lowest BCUT2D eigenvalue weighted by atomic mass is 10.0. The molecule has 0 spiro atoms. The fourth-order valence-electron chi connectivity index (χ4n) is 2.61. The molecule has 0 heterocycles. The number of carbonyl (C=O) groups excluding carboxylic acids is 2. The fraction of sp³-hybridized carbons (Fsp3) is 0.286. The van der Waals surface area contributed by atoms with Gasteiger partial charge >= 0.3 is 5.97 Å². The van der Waals surface area contributed by atoms with Gasteiger partial charge in [0.1, 0.15) is 0 Å². The highest BCUT2D eigenvalue weighted by Crippen LogP contribution is 2.18. The number of hydrogen-bond donors (Lipinski definition) is 3. The molecule has 2 rings (SSSR count). The molecule has 0 saturated carbocycles. The van der Waals surface area contributed by atoms with Crippen molar-refractivity contribution in [3.8, 4) is 0 Å². The molecule has 27 heavy (non-hydrogen) atoms. The van der Waals surface area contributed by atoms with Crippen molar-refractivity contribution in [3.05, 3.63) is 70.8 Å². The van der Waals surface area contributed by atoms with Crippen molar-refractivity contribution >= 4 is 17.8 Å². The predicted octanol–water partition coefficient (Wildman–Crippen LogP) is 2.76. The molecular weight excluding hydrogens is 344 g/mol. The first-order valence-electron chi connectivity index (χ1n) is 8.81. The molecule has 0 bridgehead atoms. The van der Waals surface area contributed by atoms with Gasteiger partial charge in [-0.2, -0.15) is 0 Å². The Morgan fingerprint density at radius 2 is 1.70 bits per heavy atom. The number of carboxylic acid groups (broad SMARTS) is 1. The summed E-state index contributed by atoms with van der Waals surface area (Å²) in [6.45, 7) is 4.18. The summed E-state index contributed by atoms with van der Waals surface area (Å²) in [7, 11) is 0. The second-order valence-electron chi connectivity index (χ2n) is 6.41. The molecule has 0 aliphatic heterocycles. The molecule has 0 aliphatic rings. The van der Waals surface area contributed by atoms with Gasteiger partial charge in [0.25, 0.3) is 5.91 Å². The molecule has 142 valence electrons. The third-order valence-corrected chi connectivity index (χ3v) is 4.32. The van der Waals surface area contributed by atoms with E-state index in [9.17, 15) is 19.5 Å². The van der Waals surface area contributed by atoms with Crippen molar-refractivity contribution in [2.45, 2.75) is 32.7 Å². The van der Waals surface area contributed by atoms with Crippen LogP contribution in [0.25, 0.3) is 0 Å². The van der Waals surface area contributed by atoms with E-state index < -0.39 is 12.0 Å².